The molecule has 0 spiro atoms. The lowest BCUT2D eigenvalue weighted by Gasteiger charge is -2.32. The molecule has 0 aliphatic heterocycles. The summed E-state index contributed by atoms with van der Waals surface area (Å²) in [7, 11) is 0. The van der Waals surface area contributed by atoms with Crippen molar-refractivity contribution in [3.8, 4) is 0 Å². The van der Waals surface area contributed by atoms with Gasteiger partial charge < -0.3 is 5.11 Å². The molecule has 2 aromatic rings. The fourth-order valence-corrected chi connectivity index (χ4v) is 2.45. The van der Waals surface area contributed by atoms with Gasteiger partial charge in [-0.2, -0.15) is 0 Å². The predicted octanol–water partition coefficient (Wildman–Crippen LogP) is 4.49. The molecule has 0 radical (unpaired) electrons. The maximum atomic E-state index is 11.7. The van der Waals surface area contributed by atoms with Crippen LogP contribution in [0.2, 0.25) is 0 Å². The summed E-state index contributed by atoms with van der Waals surface area (Å²) in [5.74, 6) is 0. The van der Waals surface area contributed by atoms with Gasteiger partial charge in [0.1, 0.15) is 0 Å². The van der Waals surface area contributed by atoms with E-state index in [1.807, 2.05) is 74.5 Å². The molecule has 0 aliphatic rings. The minimum atomic E-state index is -0.905. The maximum absolute atomic E-state index is 11.7. The van der Waals surface area contributed by atoms with E-state index in [-0.39, 0.29) is 12.1 Å². The van der Waals surface area contributed by atoms with E-state index in [1.54, 1.807) is 0 Å². The Morgan fingerprint density at radius 1 is 0.850 bits per heavy atom. The molecular formula is C17H19NO2. The number of hydrogen-bond donors (Lipinski definition) is 1. The fourth-order valence-electron chi connectivity index (χ4n) is 2.45. The average Bonchev–Trinajstić information content (AvgIpc) is 2.48. The highest BCUT2D eigenvalue weighted by atomic mass is 16.4. The van der Waals surface area contributed by atoms with E-state index in [4.69, 9.17) is 0 Å². The lowest BCUT2D eigenvalue weighted by molar-refractivity contribution is 0.107. The Bertz CT molecular complexity index is 508. The SMILES string of the molecule is CC(c1ccccc1)N(C(=O)O)C(C)c1ccccc1. The summed E-state index contributed by atoms with van der Waals surface area (Å²) in [5, 5.41) is 9.56. The zero-order valence-corrected chi connectivity index (χ0v) is 11.7. The minimum absolute atomic E-state index is 0.191. The van der Waals surface area contributed by atoms with Gasteiger partial charge in [-0.1, -0.05) is 60.7 Å². The Labute approximate surface area is 119 Å². The molecule has 104 valence electrons. The summed E-state index contributed by atoms with van der Waals surface area (Å²) < 4.78 is 0. The van der Waals surface area contributed by atoms with Gasteiger partial charge in [0.05, 0.1) is 12.1 Å². The first-order valence-corrected chi connectivity index (χ1v) is 6.72. The van der Waals surface area contributed by atoms with Gasteiger partial charge in [-0.25, -0.2) is 4.79 Å². The fraction of sp³-hybridized carbons (Fsp3) is 0.235. The molecule has 0 heterocycles. The van der Waals surface area contributed by atoms with Crippen molar-refractivity contribution in [1.82, 2.24) is 4.90 Å². The summed E-state index contributed by atoms with van der Waals surface area (Å²) in [6.07, 6.45) is -0.905. The summed E-state index contributed by atoms with van der Waals surface area (Å²) in [6, 6.07) is 19.0. The lowest BCUT2D eigenvalue weighted by Crippen LogP contribution is -2.34. The number of carboxylic acid groups (broad SMARTS) is 1. The van der Waals surface area contributed by atoms with Crippen LogP contribution in [0.4, 0.5) is 4.79 Å². The highest BCUT2D eigenvalue weighted by molar-refractivity contribution is 5.66. The number of carbonyl (C=O) groups is 1. The third kappa shape index (κ3) is 2.99. The van der Waals surface area contributed by atoms with Crippen LogP contribution in [-0.2, 0) is 0 Å². The van der Waals surface area contributed by atoms with Gasteiger partial charge in [0, 0.05) is 0 Å². The van der Waals surface area contributed by atoms with E-state index in [0.29, 0.717) is 0 Å². The number of rotatable bonds is 4. The average molecular weight is 269 g/mol. The summed E-state index contributed by atoms with van der Waals surface area (Å²) in [5.41, 5.74) is 2.00. The second kappa shape index (κ2) is 6.24. The second-order valence-electron chi connectivity index (χ2n) is 4.86. The normalized spacial score (nSPS) is 13.5. The standard InChI is InChI=1S/C17H19NO2/c1-13(15-9-5-3-6-10-15)18(17(19)20)14(2)16-11-7-4-8-12-16/h3-14H,1-2H3,(H,19,20). The van der Waals surface area contributed by atoms with Gasteiger partial charge in [-0.3, -0.25) is 4.90 Å². The van der Waals surface area contributed by atoms with E-state index in [1.165, 1.54) is 4.90 Å². The minimum Gasteiger partial charge on any atom is -0.465 e. The van der Waals surface area contributed by atoms with Gasteiger partial charge in [-0.05, 0) is 25.0 Å². The van der Waals surface area contributed by atoms with Gasteiger partial charge in [0.2, 0.25) is 0 Å². The molecule has 2 atom stereocenters. The van der Waals surface area contributed by atoms with Crippen LogP contribution in [0.25, 0.3) is 0 Å². The van der Waals surface area contributed by atoms with E-state index in [9.17, 15) is 9.90 Å². The van der Waals surface area contributed by atoms with Crippen molar-refractivity contribution in [2.45, 2.75) is 25.9 Å². The van der Waals surface area contributed by atoms with Crippen LogP contribution in [0.1, 0.15) is 37.1 Å². The molecule has 0 aromatic heterocycles. The van der Waals surface area contributed by atoms with Crippen LogP contribution in [0.5, 0.6) is 0 Å². The molecule has 0 fully saturated rings. The zero-order valence-electron chi connectivity index (χ0n) is 11.7. The topological polar surface area (TPSA) is 40.5 Å². The summed E-state index contributed by atoms with van der Waals surface area (Å²) in [6.45, 7) is 3.84. The molecule has 0 saturated heterocycles. The monoisotopic (exact) mass is 269 g/mol. The van der Waals surface area contributed by atoms with Crippen molar-refractivity contribution in [3.63, 3.8) is 0 Å². The van der Waals surface area contributed by atoms with Gasteiger partial charge in [-0.15, -0.1) is 0 Å². The molecule has 20 heavy (non-hydrogen) atoms. The third-order valence-electron chi connectivity index (χ3n) is 3.62. The molecule has 0 aliphatic carbocycles. The Balaban J connectivity index is 2.30. The van der Waals surface area contributed by atoms with Crippen molar-refractivity contribution in [2.75, 3.05) is 0 Å². The first kappa shape index (κ1) is 14.1. The summed E-state index contributed by atoms with van der Waals surface area (Å²) in [4.78, 5) is 13.1. The molecule has 2 unspecified atom stereocenters. The molecule has 0 bridgehead atoms. The van der Waals surface area contributed by atoms with E-state index in [0.717, 1.165) is 11.1 Å². The third-order valence-corrected chi connectivity index (χ3v) is 3.62. The number of benzene rings is 2. The lowest BCUT2D eigenvalue weighted by atomic mass is 10.0. The number of hydrogen-bond acceptors (Lipinski definition) is 1. The van der Waals surface area contributed by atoms with Crippen LogP contribution in [-0.4, -0.2) is 16.1 Å². The molecule has 2 aromatic carbocycles. The Hall–Kier alpha value is -2.29. The first-order valence-electron chi connectivity index (χ1n) is 6.72. The quantitative estimate of drug-likeness (QED) is 0.888. The maximum Gasteiger partial charge on any atom is 0.408 e. The smallest absolute Gasteiger partial charge is 0.408 e. The van der Waals surface area contributed by atoms with Crippen LogP contribution in [0.15, 0.2) is 60.7 Å². The Morgan fingerprint density at radius 2 is 1.20 bits per heavy atom. The molecule has 3 nitrogen and oxygen atoms in total. The van der Waals surface area contributed by atoms with Gasteiger partial charge >= 0.3 is 6.09 Å². The van der Waals surface area contributed by atoms with Crippen LogP contribution >= 0.6 is 0 Å². The predicted molar refractivity (Wildman–Crippen MR) is 79.6 cm³/mol. The molecule has 0 saturated carbocycles. The van der Waals surface area contributed by atoms with E-state index in [2.05, 4.69) is 0 Å². The molecule has 1 N–H and O–H groups in total. The first-order chi connectivity index (χ1) is 9.61. The van der Waals surface area contributed by atoms with Gasteiger partial charge in [0.15, 0.2) is 0 Å². The number of nitrogens with zero attached hydrogens (tertiary/aromatic N) is 1. The Morgan fingerprint density at radius 3 is 1.50 bits per heavy atom. The largest absolute Gasteiger partial charge is 0.465 e. The van der Waals surface area contributed by atoms with Crippen molar-refractivity contribution < 1.29 is 9.90 Å². The van der Waals surface area contributed by atoms with E-state index >= 15 is 0 Å². The molecule has 1 amide bonds. The van der Waals surface area contributed by atoms with Crippen molar-refractivity contribution in [3.05, 3.63) is 71.8 Å². The molecular weight excluding hydrogens is 250 g/mol. The highest BCUT2D eigenvalue weighted by Gasteiger charge is 2.26. The molecule has 3 heteroatoms. The second-order valence-corrected chi connectivity index (χ2v) is 4.86. The van der Waals surface area contributed by atoms with Gasteiger partial charge in [0.25, 0.3) is 0 Å². The van der Waals surface area contributed by atoms with E-state index < -0.39 is 6.09 Å². The van der Waals surface area contributed by atoms with Crippen molar-refractivity contribution in [1.29, 1.82) is 0 Å². The van der Waals surface area contributed by atoms with Crippen LogP contribution < -0.4 is 0 Å². The van der Waals surface area contributed by atoms with Crippen molar-refractivity contribution in [2.24, 2.45) is 0 Å². The highest BCUT2D eigenvalue weighted by Crippen LogP contribution is 2.30. The van der Waals surface area contributed by atoms with Crippen LogP contribution in [0, 0.1) is 0 Å². The van der Waals surface area contributed by atoms with Crippen LogP contribution in [0.3, 0.4) is 0 Å². The van der Waals surface area contributed by atoms with Crippen molar-refractivity contribution >= 4 is 6.09 Å². The summed E-state index contributed by atoms with van der Waals surface area (Å²) >= 11 is 0. The number of amides is 1. The Kier molecular flexibility index (Phi) is 4.41. The molecule has 2 rings (SSSR count). The zero-order chi connectivity index (χ0) is 14.5.